The molecule has 4 atom stereocenters. The minimum Gasteiger partial charge on any atom is -0.349 e. The molecule has 3 aliphatic rings. The van der Waals surface area contributed by atoms with Crippen molar-refractivity contribution in [3.63, 3.8) is 0 Å². The maximum Gasteiger partial charge on any atom is 0.270 e. The molecule has 140 valence electrons. The van der Waals surface area contributed by atoms with E-state index in [9.17, 15) is 4.79 Å². The molecule has 2 aromatic heterocycles. The number of nitrogens with one attached hydrogen (secondary N) is 2. The Morgan fingerprint density at radius 1 is 1.38 bits per heavy atom. The van der Waals surface area contributed by atoms with Crippen molar-refractivity contribution in [3.8, 4) is 0 Å². The molecule has 3 fully saturated rings. The third kappa shape index (κ3) is 2.68. The molecule has 5 heterocycles. The zero-order chi connectivity index (χ0) is 17.7. The molecule has 3 saturated heterocycles. The third-order valence-electron chi connectivity index (χ3n) is 6.65. The van der Waals surface area contributed by atoms with Crippen molar-refractivity contribution in [2.75, 3.05) is 26.2 Å². The van der Waals surface area contributed by atoms with Crippen molar-refractivity contribution in [1.29, 1.82) is 0 Å². The van der Waals surface area contributed by atoms with E-state index in [0.29, 0.717) is 23.7 Å². The maximum atomic E-state index is 12.9. The van der Waals surface area contributed by atoms with Crippen molar-refractivity contribution in [1.82, 2.24) is 24.9 Å². The Balaban J connectivity index is 1.34. The Bertz CT molecular complexity index is 814. The number of aryl methyl sites for hydroxylation is 1. The number of rotatable bonds is 3. The number of carbonyl (C=O) groups is 1. The monoisotopic (exact) mass is 373 g/mol. The molecule has 2 bridgehead atoms. The number of carbonyl (C=O) groups excluding carboxylic acids is 1. The highest BCUT2D eigenvalue weighted by molar-refractivity contribution is 7.15. The molecular formula is C19H27N5OS. The van der Waals surface area contributed by atoms with Gasteiger partial charge in [-0.2, -0.15) is 0 Å². The quantitative estimate of drug-likeness (QED) is 0.863. The second-order valence-electron chi connectivity index (χ2n) is 8.09. The van der Waals surface area contributed by atoms with Crippen LogP contribution in [0.1, 0.15) is 41.9 Å². The first-order valence-corrected chi connectivity index (χ1v) is 10.8. The van der Waals surface area contributed by atoms with E-state index in [1.54, 1.807) is 11.3 Å². The lowest BCUT2D eigenvalue weighted by Gasteiger charge is -2.55. The number of fused-ring (bicyclic) bond motifs is 5. The molecule has 0 radical (unpaired) electrons. The highest BCUT2D eigenvalue weighted by Gasteiger charge is 2.45. The number of thiazole rings is 1. The number of nitrogens with zero attached hydrogens (tertiary/aromatic N) is 3. The molecule has 0 unspecified atom stereocenters. The molecule has 26 heavy (non-hydrogen) atoms. The lowest BCUT2D eigenvalue weighted by Crippen LogP contribution is -2.65. The van der Waals surface area contributed by atoms with Crippen LogP contribution in [-0.2, 0) is 0 Å². The summed E-state index contributed by atoms with van der Waals surface area (Å²) in [7, 11) is 0. The van der Waals surface area contributed by atoms with Gasteiger partial charge in [0.25, 0.3) is 5.91 Å². The number of imidazole rings is 1. The zero-order valence-corrected chi connectivity index (χ0v) is 16.1. The van der Waals surface area contributed by atoms with Crippen LogP contribution >= 0.6 is 11.3 Å². The lowest BCUT2D eigenvalue weighted by molar-refractivity contribution is -0.0371. The van der Waals surface area contributed by atoms with Gasteiger partial charge in [0, 0.05) is 30.2 Å². The Morgan fingerprint density at radius 2 is 2.27 bits per heavy atom. The average molecular weight is 374 g/mol. The van der Waals surface area contributed by atoms with Crippen LogP contribution in [-0.4, -0.2) is 58.5 Å². The Labute approximate surface area is 158 Å². The number of piperidine rings is 3. The minimum absolute atomic E-state index is 0.00727. The van der Waals surface area contributed by atoms with Gasteiger partial charge in [0.2, 0.25) is 0 Å². The van der Waals surface area contributed by atoms with Crippen LogP contribution in [0, 0.1) is 18.8 Å². The highest BCUT2D eigenvalue weighted by Crippen LogP contribution is 2.38. The van der Waals surface area contributed by atoms with Crippen LogP contribution < -0.4 is 10.6 Å². The van der Waals surface area contributed by atoms with Crippen molar-refractivity contribution in [3.05, 3.63) is 23.0 Å². The summed E-state index contributed by atoms with van der Waals surface area (Å²) in [6.45, 7) is 6.11. The normalized spacial score (nSPS) is 31.7. The molecule has 5 rings (SSSR count). The fourth-order valence-corrected chi connectivity index (χ4v) is 6.26. The van der Waals surface area contributed by atoms with Crippen molar-refractivity contribution in [2.45, 2.75) is 44.7 Å². The molecule has 7 heteroatoms. The number of amides is 1. The molecule has 2 aromatic rings. The third-order valence-corrected chi connectivity index (χ3v) is 7.40. The van der Waals surface area contributed by atoms with Gasteiger partial charge in [0.1, 0.15) is 5.69 Å². The van der Waals surface area contributed by atoms with E-state index in [1.807, 2.05) is 22.9 Å². The van der Waals surface area contributed by atoms with Gasteiger partial charge < -0.3 is 10.6 Å². The van der Waals surface area contributed by atoms with E-state index in [4.69, 9.17) is 0 Å². The van der Waals surface area contributed by atoms with Crippen molar-refractivity contribution in [2.24, 2.45) is 11.8 Å². The summed E-state index contributed by atoms with van der Waals surface area (Å²) in [5.74, 6) is 1.45. The van der Waals surface area contributed by atoms with Crippen LogP contribution in [0.3, 0.4) is 0 Å². The summed E-state index contributed by atoms with van der Waals surface area (Å²) in [6, 6.07) is 1.16. The van der Waals surface area contributed by atoms with E-state index in [0.717, 1.165) is 29.7 Å². The summed E-state index contributed by atoms with van der Waals surface area (Å²) in [6.07, 6.45) is 7.22. The van der Waals surface area contributed by atoms with E-state index in [1.165, 1.54) is 38.8 Å². The fraction of sp³-hybridized carbons (Fsp3) is 0.684. The van der Waals surface area contributed by atoms with Gasteiger partial charge in [-0.25, -0.2) is 4.98 Å². The summed E-state index contributed by atoms with van der Waals surface area (Å²) < 4.78 is 1.91. The van der Waals surface area contributed by atoms with Crippen LogP contribution in [0.4, 0.5) is 0 Å². The zero-order valence-electron chi connectivity index (χ0n) is 15.3. The molecule has 6 nitrogen and oxygen atoms in total. The second-order valence-corrected chi connectivity index (χ2v) is 8.97. The smallest absolute Gasteiger partial charge is 0.270 e. The largest absolute Gasteiger partial charge is 0.349 e. The predicted molar refractivity (Wildman–Crippen MR) is 103 cm³/mol. The van der Waals surface area contributed by atoms with E-state index in [-0.39, 0.29) is 5.91 Å². The second kappa shape index (κ2) is 6.62. The van der Waals surface area contributed by atoms with Gasteiger partial charge in [-0.3, -0.25) is 14.1 Å². The average Bonchev–Trinajstić information content (AvgIpc) is 3.21. The van der Waals surface area contributed by atoms with E-state index < -0.39 is 0 Å². The van der Waals surface area contributed by atoms with Gasteiger partial charge in [-0.05, 0) is 57.7 Å². The molecule has 2 N–H and O–H groups in total. The molecule has 0 saturated carbocycles. The number of hydrogen-bond donors (Lipinski definition) is 2. The molecule has 1 amide bonds. The standard InChI is InChI=1S/C19H27N5OS/c1-12-17(24-6-7-26-19(24)22-12)18(25)21-11-16-14-8-13(9-20-10-14)15-4-2-3-5-23(15)16/h6-7,13-16,20H,2-5,8-11H2,1H3,(H,21,25)/t13-,14+,15+,16+/m1/s1. The SMILES string of the molecule is Cc1nc2sccn2c1C(=O)NC[C@H]1[C@@H]2CNC[C@@H](C2)[C@@H]2CCCCN21. The Morgan fingerprint density at radius 3 is 3.19 bits per heavy atom. The van der Waals surface area contributed by atoms with E-state index >= 15 is 0 Å². The van der Waals surface area contributed by atoms with Gasteiger partial charge in [0.15, 0.2) is 4.96 Å². The summed E-state index contributed by atoms with van der Waals surface area (Å²) >= 11 is 1.57. The van der Waals surface area contributed by atoms with Crippen LogP contribution in [0.2, 0.25) is 0 Å². The molecule has 0 spiro atoms. The van der Waals surface area contributed by atoms with E-state index in [2.05, 4.69) is 20.5 Å². The van der Waals surface area contributed by atoms with Gasteiger partial charge in [-0.15, -0.1) is 11.3 Å². The van der Waals surface area contributed by atoms with Crippen LogP contribution in [0.25, 0.3) is 4.96 Å². The number of aromatic nitrogens is 2. The Kier molecular flexibility index (Phi) is 4.26. The maximum absolute atomic E-state index is 12.9. The van der Waals surface area contributed by atoms with Crippen LogP contribution in [0.15, 0.2) is 11.6 Å². The molecule has 0 aliphatic carbocycles. The molecule has 3 aliphatic heterocycles. The first-order valence-electron chi connectivity index (χ1n) is 9.89. The van der Waals surface area contributed by atoms with Gasteiger partial charge >= 0.3 is 0 Å². The number of hydrogen-bond acceptors (Lipinski definition) is 5. The summed E-state index contributed by atoms with van der Waals surface area (Å²) in [5.41, 5.74) is 1.50. The predicted octanol–water partition coefficient (Wildman–Crippen LogP) is 1.90. The fourth-order valence-electron chi connectivity index (χ4n) is 5.50. The van der Waals surface area contributed by atoms with Crippen LogP contribution in [0.5, 0.6) is 0 Å². The molecular weight excluding hydrogens is 346 g/mol. The van der Waals surface area contributed by atoms with Gasteiger partial charge in [-0.1, -0.05) is 6.42 Å². The highest BCUT2D eigenvalue weighted by atomic mass is 32.1. The summed E-state index contributed by atoms with van der Waals surface area (Å²) in [5, 5.41) is 8.87. The van der Waals surface area contributed by atoms with Crippen molar-refractivity contribution >= 4 is 22.2 Å². The molecule has 0 aromatic carbocycles. The lowest BCUT2D eigenvalue weighted by atomic mass is 9.73. The topological polar surface area (TPSA) is 61.7 Å². The first kappa shape index (κ1) is 16.7. The Hall–Kier alpha value is -1.44. The summed E-state index contributed by atoms with van der Waals surface area (Å²) in [4.78, 5) is 21.0. The minimum atomic E-state index is 0.00727. The van der Waals surface area contributed by atoms with Crippen molar-refractivity contribution < 1.29 is 4.79 Å². The van der Waals surface area contributed by atoms with Gasteiger partial charge in [0.05, 0.1) is 5.69 Å². The first-order chi connectivity index (χ1) is 12.7.